The molecule has 0 radical (unpaired) electrons. The first kappa shape index (κ1) is 14.4. The molecule has 0 aliphatic heterocycles. The molecule has 2 aromatic heterocycles. The Balaban J connectivity index is 2.69. The maximum atomic E-state index is 10.9. The highest BCUT2D eigenvalue weighted by Crippen LogP contribution is 2.33. The van der Waals surface area contributed by atoms with Crippen molar-refractivity contribution in [2.75, 3.05) is 11.5 Å². The van der Waals surface area contributed by atoms with Gasteiger partial charge in [-0.3, -0.25) is 10.5 Å². The lowest BCUT2D eigenvalue weighted by Gasteiger charge is -2.07. The molecule has 21 heavy (non-hydrogen) atoms. The molecule has 104 valence electrons. The van der Waals surface area contributed by atoms with Crippen molar-refractivity contribution in [2.24, 2.45) is 5.73 Å². The van der Waals surface area contributed by atoms with Crippen molar-refractivity contribution >= 4 is 23.5 Å². The van der Waals surface area contributed by atoms with Crippen LogP contribution in [0.5, 0.6) is 0 Å². The predicted molar refractivity (Wildman–Crippen MR) is 74.5 cm³/mol. The molecule has 0 unspecified atom stereocenters. The maximum absolute atomic E-state index is 10.9. The monoisotopic (exact) mass is 300 g/mol. The zero-order chi connectivity index (χ0) is 15.4. The summed E-state index contributed by atoms with van der Waals surface area (Å²) in [5.41, 5.74) is 11.5. The minimum Gasteiger partial charge on any atom is -0.464 e. The molecular formula is C13H10N5O2S+. The van der Waals surface area contributed by atoms with E-state index in [0.29, 0.717) is 16.3 Å². The molecule has 0 saturated carbocycles. The van der Waals surface area contributed by atoms with E-state index >= 15 is 0 Å². The summed E-state index contributed by atoms with van der Waals surface area (Å²) in [6.07, 6.45) is 1.43. The van der Waals surface area contributed by atoms with Crippen LogP contribution in [0.2, 0.25) is 0 Å². The maximum Gasteiger partial charge on any atom is 0.289 e. The van der Waals surface area contributed by atoms with E-state index in [0.717, 1.165) is 11.8 Å². The number of nitrogen functional groups attached to an aromatic ring is 1. The van der Waals surface area contributed by atoms with Crippen LogP contribution in [0, 0.1) is 22.7 Å². The first-order valence-corrected chi connectivity index (χ1v) is 6.71. The average Bonchev–Trinajstić information content (AvgIpc) is 2.97. The number of rotatable bonds is 4. The Morgan fingerprint density at radius 2 is 2.10 bits per heavy atom. The molecule has 0 aliphatic rings. The van der Waals surface area contributed by atoms with Crippen LogP contribution in [0.25, 0.3) is 11.3 Å². The van der Waals surface area contributed by atoms with Crippen LogP contribution in [-0.4, -0.2) is 11.7 Å². The van der Waals surface area contributed by atoms with E-state index in [1.54, 1.807) is 12.1 Å². The fourth-order valence-corrected chi connectivity index (χ4v) is 2.52. The average molecular weight is 300 g/mol. The Kier molecular flexibility index (Phi) is 4.12. The molecule has 2 aromatic rings. The lowest BCUT2D eigenvalue weighted by molar-refractivity contribution is -0.410. The number of thioether (sulfide) groups is 1. The molecule has 0 atom stereocenters. The highest BCUT2D eigenvalue weighted by molar-refractivity contribution is 7.99. The van der Waals surface area contributed by atoms with Gasteiger partial charge in [-0.25, -0.2) is 4.98 Å². The number of anilines is 1. The summed E-state index contributed by atoms with van der Waals surface area (Å²) in [5, 5.41) is 19.0. The molecular weight excluding hydrogens is 290 g/mol. The molecule has 8 heteroatoms. The van der Waals surface area contributed by atoms with Gasteiger partial charge in [-0.1, -0.05) is 11.8 Å². The van der Waals surface area contributed by atoms with E-state index < -0.39 is 5.91 Å². The normalized spacial score (nSPS) is 9.81. The number of nitrogens with two attached hydrogens (primary N) is 2. The molecule has 2 rings (SSSR count). The van der Waals surface area contributed by atoms with Crippen LogP contribution < -0.4 is 16.5 Å². The second kappa shape index (κ2) is 5.99. The van der Waals surface area contributed by atoms with Crippen molar-refractivity contribution < 1.29 is 14.2 Å². The number of pyridine rings is 1. The predicted octanol–water partition coefficient (Wildman–Crippen LogP) is 0.664. The van der Waals surface area contributed by atoms with Gasteiger partial charge in [0.2, 0.25) is 5.91 Å². The third kappa shape index (κ3) is 2.81. The number of nitrogens with zero attached hydrogens (tertiary/aromatic N) is 2. The summed E-state index contributed by atoms with van der Waals surface area (Å²) < 4.78 is 5.27. The van der Waals surface area contributed by atoms with Crippen LogP contribution >= 0.6 is 11.8 Å². The fourth-order valence-electron chi connectivity index (χ4n) is 1.76. The number of furan rings is 1. The number of nitrogens with one attached hydrogen (secondary N) is 1. The van der Waals surface area contributed by atoms with Crippen LogP contribution in [-0.2, 0) is 4.79 Å². The molecule has 7 nitrogen and oxygen atoms in total. The zero-order valence-electron chi connectivity index (χ0n) is 10.7. The van der Waals surface area contributed by atoms with Crippen molar-refractivity contribution in [3.05, 3.63) is 29.5 Å². The van der Waals surface area contributed by atoms with Crippen molar-refractivity contribution in [2.45, 2.75) is 5.03 Å². The Hall–Kier alpha value is -2.97. The smallest absolute Gasteiger partial charge is 0.289 e. The Morgan fingerprint density at radius 3 is 2.62 bits per heavy atom. The summed E-state index contributed by atoms with van der Waals surface area (Å²) in [5.74, 6) is -0.104. The highest BCUT2D eigenvalue weighted by atomic mass is 32.2. The number of aromatic nitrogens is 1. The largest absolute Gasteiger partial charge is 0.464 e. The number of amides is 1. The Morgan fingerprint density at radius 1 is 1.38 bits per heavy atom. The molecule has 0 spiro atoms. The molecule has 0 saturated heterocycles. The Labute approximate surface area is 124 Å². The molecule has 0 aromatic carbocycles. The number of aromatic amines is 1. The van der Waals surface area contributed by atoms with Gasteiger partial charge in [-0.05, 0) is 12.1 Å². The van der Waals surface area contributed by atoms with Crippen molar-refractivity contribution in [3.8, 4) is 23.5 Å². The second-order valence-corrected chi connectivity index (χ2v) is 4.93. The van der Waals surface area contributed by atoms with Crippen LogP contribution in [0.3, 0.4) is 0 Å². The van der Waals surface area contributed by atoms with Gasteiger partial charge in [0.15, 0.2) is 10.6 Å². The molecule has 0 aliphatic carbocycles. The van der Waals surface area contributed by atoms with E-state index in [-0.39, 0.29) is 22.7 Å². The first-order chi connectivity index (χ1) is 10.1. The van der Waals surface area contributed by atoms with Crippen molar-refractivity contribution in [1.82, 2.24) is 0 Å². The minimum atomic E-state index is -0.528. The van der Waals surface area contributed by atoms with E-state index in [9.17, 15) is 15.3 Å². The van der Waals surface area contributed by atoms with Crippen LogP contribution in [0.4, 0.5) is 5.82 Å². The summed E-state index contributed by atoms with van der Waals surface area (Å²) in [7, 11) is 0. The van der Waals surface area contributed by atoms with Gasteiger partial charge in [0.05, 0.1) is 17.6 Å². The SMILES string of the molecule is N#Cc1c(N)[nH+]c(SCC(N)=O)c(C#N)c1-c1ccco1. The van der Waals surface area contributed by atoms with Gasteiger partial charge in [-0.15, -0.1) is 0 Å². The Bertz CT molecular complexity index is 771. The first-order valence-electron chi connectivity index (χ1n) is 5.72. The van der Waals surface area contributed by atoms with Gasteiger partial charge in [0, 0.05) is 0 Å². The van der Waals surface area contributed by atoms with Crippen LogP contribution in [0.1, 0.15) is 11.1 Å². The third-order valence-corrected chi connectivity index (χ3v) is 3.62. The number of primary amides is 1. The van der Waals surface area contributed by atoms with Gasteiger partial charge >= 0.3 is 0 Å². The quantitative estimate of drug-likeness (QED) is 0.794. The van der Waals surface area contributed by atoms with Crippen LogP contribution in [0.15, 0.2) is 27.8 Å². The molecule has 2 heterocycles. The van der Waals surface area contributed by atoms with Gasteiger partial charge in [0.1, 0.15) is 23.5 Å². The molecule has 0 bridgehead atoms. The lowest BCUT2D eigenvalue weighted by Crippen LogP contribution is -2.20. The number of carbonyl (C=O) groups is 1. The van der Waals surface area contributed by atoms with E-state index in [1.807, 2.05) is 12.1 Å². The highest BCUT2D eigenvalue weighted by Gasteiger charge is 2.25. The standard InChI is InChI=1S/C13H9N5O2S/c14-4-7-11(9-2-1-3-20-9)8(5-15)13(18-12(7)17)21-6-10(16)19/h1-3H,6H2,(H2,16,19)(H2,17,18)/p+1. The zero-order valence-corrected chi connectivity index (χ0v) is 11.5. The molecule has 5 N–H and O–H groups in total. The topological polar surface area (TPSA) is 144 Å². The van der Waals surface area contributed by atoms with E-state index in [2.05, 4.69) is 4.98 Å². The summed E-state index contributed by atoms with van der Waals surface area (Å²) in [6.45, 7) is 0. The molecule has 1 amide bonds. The van der Waals surface area contributed by atoms with E-state index in [4.69, 9.17) is 15.9 Å². The van der Waals surface area contributed by atoms with Crippen molar-refractivity contribution in [1.29, 1.82) is 10.5 Å². The van der Waals surface area contributed by atoms with Gasteiger partial charge < -0.3 is 10.2 Å². The number of carbonyl (C=O) groups excluding carboxylic acids is 1. The van der Waals surface area contributed by atoms with E-state index in [1.165, 1.54) is 6.26 Å². The number of hydrogen-bond acceptors (Lipinski definition) is 6. The number of hydrogen-bond donors (Lipinski definition) is 2. The summed E-state index contributed by atoms with van der Waals surface area (Å²) >= 11 is 1.04. The van der Waals surface area contributed by atoms with Gasteiger partial charge in [0.25, 0.3) is 5.82 Å². The van der Waals surface area contributed by atoms with Crippen molar-refractivity contribution in [3.63, 3.8) is 0 Å². The fraction of sp³-hybridized carbons (Fsp3) is 0.0769. The van der Waals surface area contributed by atoms with Gasteiger partial charge in [-0.2, -0.15) is 10.5 Å². The molecule has 0 fully saturated rings. The summed E-state index contributed by atoms with van der Waals surface area (Å²) in [6, 6.07) is 7.22. The number of H-pyrrole nitrogens is 1. The lowest BCUT2D eigenvalue weighted by atomic mass is 10.0. The second-order valence-electron chi connectivity index (χ2n) is 3.95. The number of nitriles is 2. The third-order valence-electron chi connectivity index (χ3n) is 2.59. The minimum absolute atomic E-state index is 0.0197. The summed E-state index contributed by atoms with van der Waals surface area (Å²) in [4.78, 5) is 13.6.